The van der Waals surface area contributed by atoms with Crippen molar-refractivity contribution in [1.29, 1.82) is 0 Å². The highest BCUT2D eigenvalue weighted by Crippen LogP contribution is 2.38. The summed E-state index contributed by atoms with van der Waals surface area (Å²) in [6, 6.07) is 7.85. The second-order valence-electron chi connectivity index (χ2n) is 4.43. The summed E-state index contributed by atoms with van der Waals surface area (Å²) in [5.41, 5.74) is 6.75. The smallest absolute Gasteiger partial charge is 0.239 e. The second kappa shape index (κ2) is 5.31. The van der Waals surface area contributed by atoms with Crippen LogP contribution >= 0.6 is 0 Å². The quantitative estimate of drug-likeness (QED) is 0.608. The number of hydrogen-bond acceptors (Lipinski definition) is 4. The highest BCUT2D eigenvalue weighted by atomic mass is 16.5. The van der Waals surface area contributed by atoms with Crippen LogP contribution in [-0.2, 0) is 19.7 Å². The Morgan fingerprint density at radius 1 is 1.32 bits per heavy atom. The summed E-state index contributed by atoms with van der Waals surface area (Å²) in [5, 5.41) is 2.85. The summed E-state index contributed by atoms with van der Waals surface area (Å²) in [6.45, 7) is 0.531. The van der Waals surface area contributed by atoms with E-state index in [0.29, 0.717) is 0 Å². The molecule has 5 nitrogen and oxygen atoms in total. The number of anilines is 1. The lowest BCUT2D eigenvalue weighted by Crippen LogP contribution is -2.43. The Hall–Kier alpha value is -2.03. The van der Waals surface area contributed by atoms with Gasteiger partial charge < -0.3 is 20.5 Å². The van der Waals surface area contributed by atoms with Crippen molar-refractivity contribution in [2.24, 2.45) is 5.73 Å². The molecule has 0 aliphatic carbocycles. The SMILES string of the molecule is COCC1(COC)C(=O)Nc2cc(C#CN)ccc21. The first kappa shape index (κ1) is 13.4. The Labute approximate surface area is 112 Å². The third-order valence-corrected chi connectivity index (χ3v) is 3.22. The van der Waals surface area contributed by atoms with Crippen LogP contribution in [0, 0.1) is 12.0 Å². The monoisotopic (exact) mass is 260 g/mol. The van der Waals surface area contributed by atoms with Gasteiger partial charge in [0.15, 0.2) is 0 Å². The molecule has 0 spiro atoms. The number of fused-ring (bicyclic) bond motifs is 1. The van der Waals surface area contributed by atoms with E-state index in [1.165, 1.54) is 0 Å². The zero-order valence-electron chi connectivity index (χ0n) is 10.9. The van der Waals surface area contributed by atoms with E-state index in [-0.39, 0.29) is 19.1 Å². The van der Waals surface area contributed by atoms with Gasteiger partial charge in [0, 0.05) is 31.5 Å². The zero-order valence-corrected chi connectivity index (χ0v) is 10.9. The third-order valence-electron chi connectivity index (χ3n) is 3.22. The van der Waals surface area contributed by atoms with Crippen LogP contribution in [0.1, 0.15) is 11.1 Å². The van der Waals surface area contributed by atoms with Crippen molar-refractivity contribution < 1.29 is 14.3 Å². The largest absolute Gasteiger partial charge is 0.383 e. The van der Waals surface area contributed by atoms with E-state index in [2.05, 4.69) is 17.3 Å². The Morgan fingerprint density at radius 3 is 2.58 bits per heavy atom. The van der Waals surface area contributed by atoms with Gasteiger partial charge >= 0.3 is 0 Å². The molecule has 0 unspecified atom stereocenters. The molecule has 3 N–H and O–H groups in total. The van der Waals surface area contributed by atoms with Crippen LogP contribution < -0.4 is 11.1 Å². The molecule has 1 heterocycles. The van der Waals surface area contributed by atoms with Gasteiger partial charge in [0.25, 0.3) is 0 Å². The van der Waals surface area contributed by atoms with Crippen molar-refractivity contribution in [3.05, 3.63) is 29.3 Å². The molecule has 0 atom stereocenters. The normalized spacial score (nSPS) is 15.4. The summed E-state index contributed by atoms with van der Waals surface area (Å²) >= 11 is 0. The third kappa shape index (κ3) is 2.16. The number of carbonyl (C=O) groups is 1. The average molecular weight is 260 g/mol. The van der Waals surface area contributed by atoms with E-state index in [0.717, 1.165) is 16.8 Å². The molecular formula is C14H16N2O3. The number of rotatable bonds is 4. The molecule has 2 rings (SSSR count). The van der Waals surface area contributed by atoms with Crippen molar-refractivity contribution >= 4 is 11.6 Å². The fraction of sp³-hybridized carbons (Fsp3) is 0.357. The number of benzene rings is 1. The molecule has 100 valence electrons. The van der Waals surface area contributed by atoms with E-state index >= 15 is 0 Å². The lowest BCUT2D eigenvalue weighted by molar-refractivity contribution is -0.125. The second-order valence-corrected chi connectivity index (χ2v) is 4.43. The molecule has 1 aliphatic rings. The molecule has 0 bridgehead atoms. The maximum atomic E-state index is 12.3. The van der Waals surface area contributed by atoms with Crippen molar-refractivity contribution in [3.8, 4) is 12.0 Å². The highest BCUT2D eigenvalue weighted by Gasteiger charge is 2.47. The number of hydrogen-bond donors (Lipinski definition) is 2. The molecule has 0 saturated heterocycles. The summed E-state index contributed by atoms with van der Waals surface area (Å²) in [7, 11) is 3.13. The molecule has 5 heteroatoms. The van der Waals surface area contributed by atoms with Crippen molar-refractivity contribution in [3.63, 3.8) is 0 Å². The van der Waals surface area contributed by atoms with Gasteiger partial charge in [-0.2, -0.15) is 0 Å². The van der Waals surface area contributed by atoms with Gasteiger partial charge in [-0.15, -0.1) is 0 Å². The van der Waals surface area contributed by atoms with Gasteiger partial charge in [0.1, 0.15) is 5.41 Å². The van der Waals surface area contributed by atoms with Gasteiger partial charge in [-0.1, -0.05) is 6.07 Å². The summed E-state index contributed by atoms with van der Waals surface area (Å²) < 4.78 is 10.4. The van der Waals surface area contributed by atoms with Gasteiger partial charge in [-0.25, -0.2) is 0 Å². The number of nitrogens with two attached hydrogens (primary N) is 1. The van der Waals surface area contributed by atoms with E-state index in [1.54, 1.807) is 20.3 Å². The number of methoxy groups -OCH3 is 2. The van der Waals surface area contributed by atoms with Crippen LogP contribution in [-0.4, -0.2) is 33.3 Å². The molecular weight excluding hydrogens is 244 g/mol. The molecule has 0 fully saturated rings. The van der Waals surface area contributed by atoms with Gasteiger partial charge in [-0.3, -0.25) is 4.79 Å². The van der Waals surface area contributed by atoms with E-state index in [1.807, 2.05) is 12.1 Å². The standard InChI is InChI=1S/C14H16N2O3/c1-18-8-14(9-19-2)11-4-3-10(5-6-15)7-12(11)16-13(14)17/h3-4,7H,8-9,15H2,1-2H3,(H,16,17). The van der Waals surface area contributed by atoms with Crippen LogP contribution in [0.2, 0.25) is 0 Å². The average Bonchev–Trinajstić information content (AvgIpc) is 2.64. The molecule has 1 aromatic carbocycles. The number of amides is 1. The molecule has 0 aromatic heterocycles. The molecule has 1 amide bonds. The first-order valence-corrected chi connectivity index (χ1v) is 5.83. The fourth-order valence-electron chi connectivity index (χ4n) is 2.41. The minimum atomic E-state index is -0.798. The molecule has 19 heavy (non-hydrogen) atoms. The lowest BCUT2D eigenvalue weighted by Gasteiger charge is -2.25. The van der Waals surface area contributed by atoms with Crippen LogP contribution in [0.25, 0.3) is 0 Å². The number of ether oxygens (including phenoxy) is 2. The maximum Gasteiger partial charge on any atom is 0.239 e. The predicted molar refractivity (Wildman–Crippen MR) is 71.6 cm³/mol. The molecule has 0 radical (unpaired) electrons. The van der Waals surface area contributed by atoms with Crippen LogP contribution in [0.5, 0.6) is 0 Å². The number of carbonyl (C=O) groups excluding carboxylic acids is 1. The van der Waals surface area contributed by atoms with Gasteiger partial charge in [-0.05, 0) is 23.6 Å². The zero-order chi connectivity index (χ0) is 13.9. The Kier molecular flexibility index (Phi) is 3.74. The maximum absolute atomic E-state index is 12.3. The van der Waals surface area contributed by atoms with Crippen LogP contribution in [0.15, 0.2) is 18.2 Å². The molecule has 0 saturated carbocycles. The predicted octanol–water partition coefficient (Wildman–Crippen LogP) is 0.437. The lowest BCUT2D eigenvalue weighted by atomic mass is 9.83. The van der Waals surface area contributed by atoms with E-state index in [9.17, 15) is 4.79 Å². The number of nitrogens with one attached hydrogen (secondary N) is 1. The molecule has 1 aliphatic heterocycles. The Balaban J connectivity index is 2.49. The minimum Gasteiger partial charge on any atom is -0.383 e. The first-order chi connectivity index (χ1) is 9.17. The summed E-state index contributed by atoms with van der Waals surface area (Å²) in [4.78, 5) is 12.3. The minimum absolute atomic E-state index is 0.121. The topological polar surface area (TPSA) is 73.6 Å². The highest BCUT2D eigenvalue weighted by molar-refractivity contribution is 6.06. The van der Waals surface area contributed by atoms with E-state index < -0.39 is 5.41 Å². The van der Waals surface area contributed by atoms with Crippen molar-refractivity contribution in [2.75, 3.05) is 32.8 Å². The summed E-state index contributed by atoms with van der Waals surface area (Å²) in [6.07, 6.45) is 0. The molecule has 1 aromatic rings. The van der Waals surface area contributed by atoms with Gasteiger partial charge in [0.2, 0.25) is 5.91 Å². The van der Waals surface area contributed by atoms with Crippen molar-refractivity contribution in [2.45, 2.75) is 5.41 Å². The van der Waals surface area contributed by atoms with Crippen LogP contribution in [0.4, 0.5) is 5.69 Å². The van der Waals surface area contributed by atoms with Crippen LogP contribution in [0.3, 0.4) is 0 Å². The van der Waals surface area contributed by atoms with Crippen molar-refractivity contribution in [1.82, 2.24) is 0 Å². The van der Waals surface area contributed by atoms with Gasteiger partial charge in [0.05, 0.1) is 13.2 Å². The summed E-state index contributed by atoms with van der Waals surface area (Å²) in [5.74, 6) is 2.64. The fourth-order valence-corrected chi connectivity index (χ4v) is 2.41. The Bertz CT molecular complexity index is 552. The van der Waals surface area contributed by atoms with E-state index in [4.69, 9.17) is 15.2 Å². The Morgan fingerprint density at radius 2 is 2.00 bits per heavy atom. The first-order valence-electron chi connectivity index (χ1n) is 5.83.